The van der Waals surface area contributed by atoms with Crippen molar-refractivity contribution in [2.24, 2.45) is 0 Å². The lowest BCUT2D eigenvalue weighted by Gasteiger charge is -2.35. The SMILES string of the molecule is CCCN1CC(NC(=O)N2CCN(C(=O)c3ccc(C)c(OC)c3)CC2)CC1=O. The largest absolute Gasteiger partial charge is 0.496 e. The van der Waals surface area contributed by atoms with Gasteiger partial charge in [0.25, 0.3) is 5.91 Å². The lowest BCUT2D eigenvalue weighted by molar-refractivity contribution is -0.127. The van der Waals surface area contributed by atoms with E-state index in [1.165, 1.54) is 0 Å². The molecule has 1 unspecified atom stereocenters. The van der Waals surface area contributed by atoms with Gasteiger partial charge in [-0.05, 0) is 31.0 Å². The van der Waals surface area contributed by atoms with Crippen molar-refractivity contribution in [2.75, 3.05) is 46.4 Å². The highest BCUT2D eigenvalue weighted by Crippen LogP contribution is 2.20. The van der Waals surface area contributed by atoms with Gasteiger partial charge in [-0.3, -0.25) is 9.59 Å². The molecular formula is C21H30N4O4. The summed E-state index contributed by atoms with van der Waals surface area (Å²) in [6.07, 6.45) is 1.27. The summed E-state index contributed by atoms with van der Waals surface area (Å²) in [5.74, 6) is 0.734. The lowest BCUT2D eigenvalue weighted by Crippen LogP contribution is -2.54. The van der Waals surface area contributed by atoms with E-state index in [0.29, 0.717) is 50.5 Å². The van der Waals surface area contributed by atoms with E-state index in [1.54, 1.807) is 33.9 Å². The second kappa shape index (κ2) is 9.15. The van der Waals surface area contributed by atoms with E-state index in [9.17, 15) is 14.4 Å². The fourth-order valence-electron chi connectivity index (χ4n) is 3.87. The molecule has 1 atom stereocenters. The van der Waals surface area contributed by atoms with Crippen LogP contribution in [0.3, 0.4) is 0 Å². The molecule has 4 amide bonds. The molecule has 1 aromatic rings. The van der Waals surface area contributed by atoms with E-state index in [4.69, 9.17) is 4.74 Å². The number of rotatable bonds is 5. The van der Waals surface area contributed by atoms with Gasteiger partial charge < -0.3 is 24.8 Å². The van der Waals surface area contributed by atoms with Crippen LogP contribution in [-0.4, -0.2) is 85.0 Å². The molecule has 2 aliphatic rings. The summed E-state index contributed by atoms with van der Waals surface area (Å²) in [4.78, 5) is 42.6. The Bertz CT molecular complexity index is 774. The number of benzene rings is 1. The van der Waals surface area contributed by atoms with Gasteiger partial charge in [-0.2, -0.15) is 0 Å². The normalized spacial score (nSPS) is 19.5. The maximum atomic E-state index is 12.8. The number of piperazine rings is 1. The number of likely N-dealkylation sites (tertiary alicyclic amines) is 1. The Morgan fingerprint density at radius 3 is 2.52 bits per heavy atom. The van der Waals surface area contributed by atoms with Crippen LogP contribution in [0, 0.1) is 6.92 Å². The first-order valence-electron chi connectivity index (χ1n) is 10.2. The van der Waals surface area contributed by atoms with Crippen molar-refractivity contribution in [3.8, 4) is 5.75 Å². The molecule has 2 fully saturated rings. The summed E-state index contributed by atoms with van der Waals surface area (Å²) in [6.45, 7) is 7.18. The van der Waals surface area contributed by atoms with E-state index in [-0.39, 0.29) is 23.9 Å². The van der Waals surface area contributed by atoms with Gasteiger partial charge in [0, 0.05) is 51.3 Å². The molecule has 2 saturated heterocycles. The monoisotopic (exact) mass is 402 g/mol. The predicted molar refractivity (Wildman–Crippen MR) is 109 cm³/mol. The zero-order chi connectivity index (χ0) is 21.0. The van der Waals surface area contributed by atoms with Gasteiger partial charge in [0.2, 0.25) is 5.91 Å². The van der Waals surface area contributed by atoms with E-state index in [0.717, 1.165) is 18.5 Å². The van der Waals surface area contributed by atoms with Gasteiger partial charge in [-0.1, -0.05) is 13.0 Å². The molecule has 0 bridgehead atoms. The van der Waals surface area contributed by atoms with Crippen LogP contribution in [0.5, 0.6) is 5.75 Å². The molecule has 0 aliphatic carbocycles. The molecule has 0 radical (unpaired) electrons. The molecule has 0 aromatic heterocycles. The Labute approximate surface area is 171 Å². The van der Waals surface area contributed by atoms with Crippen molar-refractivity contribution in [1.82, 2.24) is 20.0 Å². The van der Waals surface area contributed by atoms with Gasteiger partial charge >= 0.3 is 6.03 Å². The van der Waals surface area contributed by atoms with Crippen molar-refractivity contribution in [3.05, 3.63) is 29.3 Å². The second-order valence-electron chi connectivity index (χ2n) is 7.65. The summed E-state index contributed by atoms with van der Waals surface area (Å²) < 4.78 is 5.31. The van der Waals surface area contributed by atoms with Gasteiger partial charge in [-0.15, -0.1) is 0 Å². The predicted octanol–water partition coefficient (Wildman–Crippen LogP) is 1.48. The average molecular weight is 402 g/mol. The van der Waals surface area contributed by atoms with Crippen molar-refractivity contribution in [2.45, 2.75) is 32.7 Å². The van der Waals surface area contributed by atoms with Crippen LogP contribution in [-0.2, 0) is 4.79 Å². The molecule has 8 heteroatoms. The van der Waals surface area contributed by atoms with E-state index < -0.39 is 0 Å². The molecule has 8 nitrogen and oxygen atoms in total. The Kier molecular flexibility index (Phi) is 6.61. The number of ether oxygens (including phenoxy) is 1. The quantitative estimate of drug-likeness (QED) is 0.809. The van der Waals surface area contributed by atoms with Crippen molar-refractivity contribution in [1.29, 1.82) is 0 Å². The molecule has 2 heterocycles. The highest BCUT2D eigenvalue weighted by atomic mass is 16.5. The van der Waals surface area contributed by atoms with Crippen LogP contribution < -0.4 is 10.1 Å². The van der Waals surface area contributed by atoms with Crippen molar-refractivity contribution < 1.29 is 19.1 Å². The van der Waals surface area contributed by atoms with Gasteiger partial charge in [0.05, 0.1) is 13.2 Å². The number of hydrogen-bond donors (Lipinski definition) is 1. The summed E-state index contributed by atoms with van der Waals surface area (Å²) >= 11 is 0. The molecule has 3 rings (SSSR count). The minimum atomic E-state index is -0.162. The van der Waals surface area contributed by atoms with Crippen LogP contribution in [0.15, 0.2) is 18.2 Å². The minimum Gasteiger partial charge on any atom is -0.496 e. The summed E-state index contributed by atoms with van der Waals surface area (Å²) in [7, 11) is 1.59. The molecular weight excluding hydrogens is 372 g/mol. The smallest absolute Gasteiger partial charge is 0.317 e. The number of carbonyl (C=O) groups is 3. The Morgan fingerprint density at radius 2 is 1.86 bits per heavy atom. The maximum absolute atomic E-state index is 12.8. The highest BCUT2D eigenvalue weighted by Gasteiger charge is 2.32. The minimum absolute atomic E-state index is 0.0556. The van der Waals surface area contributed by atoms with Gasteiger partial charge in [0.1, 0.15) is 5.75 Å². The number of hydrogen-bond acceptors (Lipinski definition) is 4. The number of nitrogens with zero attached hydrogens (tertiary/aromatic N) is 3. The number of nitrogens with one attached hydrogen (secondary N) is 1. The number of aryl methyl sites for hydroxylation is 1. The third-order valence-electron chi connectivity index (χ3n) is 5.54. The first-order chi connectivity index (χ1) is 13.9. The zero-order valence-corrected chi connectivity index (χ0v) is 17.4. The van der Waals surface area contributed by atoms with E-state index in [2.05, 4.69) is 5.32 Å². The van der Waals surface area contributed by atoms with Gasteiger partial charge in [0.15, 0.2) is 0 Å². The standard InChI is InChI=1S/C21H30N4O4/c1-4-7-25-14-17(13-19(25)26)22-21(28)24-10-8-23(9-11-24)20(27)16-6-5-15(2)18(12-16)29-3/h5-6,12,17H,4,7-11,13-14H2,1-3H3,(H,22,28). The molecule has 1 aromatic carbocycles. The fraction of sp³-hybridized carbons (Fsp3) is 0.571. The average Bonchev–Trinajstić information content (AvgIpc) is 3.07. The summed E-state index contributed by atoms with van der Waals surface area (Å²) in [5, 5.41) is 2.97. The number of carbonyl (C=O) groups excluding carboxylic acids is 3. The highest BCUT2D eigenvalue weighted by molar-refractivity contribution is 5.95. The van der Waals surface area contributed by atoms with Crippen LogP contribution in [0.1, 0.15) is 35.7 Å². The number of amides is 4. The number of methoxy groups -OCH3 is 1. The Morgan fingerprint density at radius 1 is 1.17 bits per heavy atom. The molecule has 0 saturated carbocycles. The summed E-state index contributed by atoms with van der Waals surface area (Å²) in [6, 6.07) is 5.14. The first-order valence-corrected chi connectivity index (χ1v) is 10.2. The third kappa shape index (κ3) is 4.81. The van der Waals surface area contributed by atoms with Crippen LogP contribution in [0.25, 0.3) is 0 Å². The molecule has 1 N–H and O–H groups in total. The first kappa shape index (κ1) is 21.0. The zero-order valence-electron chi connectivity index (χ0n) is 17.4. The van der Waals surface area contributed by atoms with Crippen LogP contribution in [0.2, 0.25) is 0 Å². The molecule has 158 valence electrons. The van der Waals surface area contributed by atoms with Crippen LogP contribution in [0.4, 0.5) is 4.79 Å². The van der Waals surface area contributed by atoms with Crippen molar-refractivity contribution in [3.63, 3.8) is 0 Å². The topological polar surface area (TPSA) is 82.2 Å². The van der Waals surface area contributed by atoms with Crippen LogP contribution >= 0.6 is 0 Å². The summed E-state index contributed by atoms with van der Waals surface area (Å²) in [5.41, 5.74) is 1.57. The van der Waals surface area contributed by atoms with E-state index >= 15 is 0 Å². The lowest BCUT2D eigenvalue weighted by atomic mass is 10.1. The van der Waals surface area contributed by atoms with Gasteiger partial charge in [-0.25, -0.2) is 4.79 Å². The third-order valence-corrected chi connectivity index (χ3v) is 5.54. The molecule has 2 aliphatic heterocycles. The Balaban J connectivity index is 1.50. The number of urea groups is 1. The fourth-order valence-corrected chi connectivity index (χ4v) is 3.87. The molecule has 29 heavy (non-hydrogen) atoms. The van der Waals surface area contributed by atoms with E-state index in [1.807, 2.05) is 19.9 Å². The second-order valence-corrected chi connectivity index (χ2v) is 7.65. The van der Waals surface area contributed by atoms with Crippen molar-refractivity contribution >= 4 is 17.8 Å². The maximum Gasteiger partial charge on any atom is 0.317 e. The Hall–Kier alpha value is -2.77. The molecule has 0 spiro atoms.